The third-order valence-corrected chi connectivity index (χ3v) is 4.63. The van der Waals surface area contributed by atoms with Crippen LogP contribution in [0.3, 0.4) is 0 Å². The molecule has 1 aliphatic heterocycles. The molecule has 3 aromatic rings. The molecule has 8 nitrogen and oxygen atoms in total. The Bertz CT molecular complexity index is 1090. The van der Waals surface area contributed by atoms with Gasteiger partial charge in [0.15, 0.2) is 5.75 Å². The Morgan fingerprint density at radius 3 is 2.90 bits per heavy atom. The van der Waals surface area contributed by atoms with E-state index in [9.17, 15) is 13.6 Å². The van der Waals surface area contributed by atoms with Crippen molar-refractivity contribution in [3.05, 3.63) is 46.7 Å². The maximum atomic E-state index is 12.9. The highest BCUT2D eigenvalue weighted by molar-refractivity contribution is 6.32. The molecule has 0 radical (unpaired) electrons. The molecule has 1 aliphatic rings. The second-order valence-electron chi connectivity index (χ2n) is 6.15. The number of ether oxygens (including phenoxy) is 1. The molecule has 0 saturated carbocycles. The highest BCUT2D eigenvalue weighted by Crippen LogP contribution is 2.41. The molecule has 5 N–H and O–H groups in total. The van der Waals surface area contributed by atoms with Gasteiger partial charge < -0.3 is 26.1 Å². The predicted octanol–water partition coefficient (Wildman–Crippen LogP) is 3.34. The summed E-state index contributed by atoms with van der Waals surface area (Å²) >= 11 is 6.04. The van der Waals surface area contributed by atoms with Gasteiger partial charge in [0.1, 0.15) is 0 Å². The summed E-state index contributed by atoms with van der Waals surface area (Å²) in [5.41, 5.74) is 8.13. The lowest BCUT2D eigenvalue weighted by Gasteiger charge is -2.17. The van der Waals surface area contributed by atoms with Crippen LogP contribution in [0.4, 0.5) is 26.1 Å². The summed E-state index contributed by atoms with van der Waals surface area (Å²) in [6.45, 7) is -2.60. The zero-order chi connectivity index (χ0) is 20.5. The number of aromatic nitrogens is 3. The molecule has 11 heteroatoms. The number of carbonyl (C=O) groups excluding carboxylic acids is 1. The van der Waals surface area contributed by atoms with Crippen molar-refractivity contribution in [3.8, 4) is 17.1 Å². The van der Waals surface area contributed by atoms with Crippen molar-refractivity contribution < 1.29 is 18.3 Å². The number of rotatable bonds is 5. The predicted molar refractivity (Wildman–Crippen MR) is 104 cm³/mol. The summed E-state index contributed by atoms with van der Waals surface area (Å²) in [5, 5.41) is 5.77. The number of amides is 1. The van der Waals surface area contributed by atoms with Gasteiger partial charge in [-0.25, -0.2) is 9.97 Å². The molecule has 3 heterocycles. The van der Waals surface area contributed by atoms with Crippen LogP contribution in [0.2, 0.25) is 5.02 Å². The van der Waals surface area contributed by atoms with Crippen molar-refractivity contribution in [2.45, 2.75) is 13.0 Å². The summed E-state index contributed by atoms with van der Waals surface area (Å²) in [7, 11) is 0. The van der Waals surface area contributed by atoms with Gasteiger partial charge in [-0.05, 0) is 18.2 Å². The Balaban J connectivity index is 1.87. The smallest absolute Gasteiger partial charge is 0.387 e. The summed E-state index contributed by atoms with van der Waals surface area (Å²) in [4.78, 5) is 23.8. The van der Waals surface area contributed by atoms with E-state index in [1.54, 1.807) is 12.1 Å². The number of aromatic amines is 1. The number of H-pyrrole nitrogens is 1. The lowest BCUT2D eigenvalue weighted by atomic mass is 10.1. The van der Waals surface area contributed by atoms with Crippen molar-refractivity contribution in [2.75, 3.05) is 17.6 Å². The first-order valence-corrected chi connectivity index (χ1v) is 8.94. The van der Waals surface area contributed by atoms with Crippen molar-refractivity contribution in [3.63, 3.8) is 0 Å². The number of nitrogens with two attached hydrogens (primary N) is 1. The van der Waals surface area contributed by atoms with Gasteiger partial charge in [0, 0.05) is 24.9 Å². The quantitative estimate of drug-likeness (QED) is 0.503. The fourth-order valence-electron chi connectivity index (χ4n) is 3.16. The van der Waals surface area contributed by atoms with Crippen LogP contribution in [-0.2, 0) is 6.42 Å². The first-order chi connectivity index (χ1) is 13.9. The first-order valence-electron chi connectivity index (χ1n) is 8.56. The molecule has 0 atom stereocenters. The van der Waals surface area contributed by atoms with Crippen LogP contribution in [0, 0.1) is 0 Å². The van der Waals surface area contributed by atoms with Gasteiger partial charge >= 0.3 is 6.61 Å². The van der Waals surface area contributed by atoms with Crippen molar-refractivity contribution >= 4 is 34.8 Å². The number of nitrogens with one attached hydrogen (secondary N) is 3. The zero-order valence-corrected chi connectivity index (χ0v) is 15.6. The van der Waals surface area contributed by atoms with Crippen molar-refractivity contribution in [2.24, 2.45) is 0 Å². The highest BCUT2D eigenvalue weighted by atomic mass is 35.5. The van der Waals surface area contributed by atoms with E-state index in [0.29, 0.717) is 41.3 Å². The summed E-state index contributed by atoms with van der Waals surface area (Å²) in [6, 6.07) is 6.13. The lowest BCUT2D eigenvalue weighted by molar-refractivity contribution is -0.0492. The third-order valence-electron chi connectivity index (χ3n) is 4.33. The second kappa shape index (κ2) is 7.55. The molecule has 0 aliphatic carbocycles. The van der Waals surface area contributed by atoms with Crippen LogP contribution in [0.1, 0.15) is 16.1 Å². The third kappa shape index (κ3) is 3.66. The number of benzene rings is 1. The summed E-state index contributed by atoms with van der Waals surface area (Å²) in [5.74, 6) is -0.491. The topological polar surface area (TPSA) is 118 Å². The first kappa shape index (κ1) is 18.9. The van der Waals surface area contributed by atoms with Crippen LogP contribution in [-0.4, -0.2) is 34.0 Å². The zero-order valence-electron chi connectivity index (χ0n) is 14.8. The molecule has 2 aromatic heterocycles. The van der Waals surface area contributed by atoms with Gasteiger partial charge in [0.25, 0.3) is 5.91 Å². The number of anilines is 3. The van der Waals surface area contributed by atoms with E-state index in [1.807, 2.05) is 0 Å². The van der Waals surface area contributed by atoms with Crippen LogP contribution in [0.25, 0.3) is 11.4 Å². The molecule has 0 fully saturated rings. The van der Waals surface area contributed by atoms with Crippen LogP contribution >= 0.6 is 11.6 Å². The number of fused-ring (bicyclic) bond motifs is 1. The highest BCUT2D eigenvalue weighted by Gasteiger charge is 2.28. The molecule has 0 unspecified atom stereocenters. The standard InChI is InChI=1S/C18H15ClF2N6O2/c19-8-2-1-3-11(15(8)29-17(20)21)26-14-12-9(4-6-23-16(12)28)25-13(14)10-5-7-24-18(22)27-10/h1-3,5,7,17,25-26H,4,6H2,(H,23,28)(H2,22,24,27). The maximum absolute atomic E-state index is 12.9. The molecule has 4 rings (SSSR count). The Kier molecular flexibility index (Phi) is 4.93. The van der Waals surface area contributed by atoms with E-state index in [1.165, 1.54) is 18.3 Å². The molecular formula is C18H15ClF2N6O2. The second-order valence-corrected chi connectivity index (χ2v) is 6.56. The molecule has 0 bridgehead atoms. The normalized spacial score (nSPS) is 13.2. The number of hydrogen-bond donors (Lipinski definition) is 4. The van der Waals surface area contributed by atoms with Gasteiger partial charge in [0.05, 0.1) is 33.3 Å². The monoisotopic (exact) mass is 420 g/mol. The van der Waals surface area contributed by atoms with Gasteiger partial charge in [-0.15, -0.1) is 0 Å². The largest absolute Gasteiger partial charge is 0.431 e. The molecule has 1 amide bonds. The Morgan fingerprint density at radius 1 is 1.31 bits per heavy atom. The summed E-state index contributed by atoms with van der Waals surface area (Å²) < 4.78 is 30.3. The van der Waals surface area contributed by atoms with E-state index >= 15 is 0 Å². The minimum atomic E-state index is -3.07. The molecular weight excluding hydrogens is 406 g/mol. The number of para-hydroxylation sites is 1. The van der Waals surface area contributed by atoms with E-state index in [0.717, 1.165) is 0 Å². The number of nitrogens with zero attached hydrogens (tertiary/aromatic N) is 2. The average Bonchev–Trinajstić information content (AvgIpc) is 3.04. The number of halogens is 3. The van der Waals surface area contributed by atoms with Crippen LogP contribution in [0.15, 0.2) is 30.5 Å². The number of nitrogen functional groups attached to an aromatic ring is 1. The molecule has 0 spiro atoms. The van der Waals surface area contributed by atoms with Crippen molar-refractivity contribution in [1.29, 1.82) is 0 Å². The number of alkyl halides is 2. The van der Waals surface area contributed by atoms with Crippen LogP contribution < -0.4 is 21.1 Å². The van der Waals surface area contributed by atoms with Crippen molar-refractivity contribution in [1.82, 2.24) is 20.3 Å². The number of hydrogen-bond acceptors (Lipinski definition) is 6. The van der Waals surface area contributed by atoms with Gasteiger partial charge in [0.2, 0.25) is 5.95 Å². The molecule has 0 saturated heterocycles. The Hall–Kier alpha value is -3.40. The fourth-order valence-corrected chi connectivity index (χ4v) is 3.38. The Labute approximate surface area is 168 Å². The molecule has 29 heavy (non-hydrogen) atoms. The van der Waals surface area contributed by atoms with Crippen LogP contribution in [0.5, 0.6) is 5.75 Å². The van der Waals surface area contributed by atoms with Gasteiger partial charge in [-0.1, -0.05) is 17.7 Å². The minimum Gasteiger partial charge on any atom is -0.431 e. The van der Waals surface area contributed by atoms with E-state index in [4.69, 9.17) is 17.3 Å². The van der Waals surface area contributed by atoms with E-state index in [-0.39, 0.29) is 28.3 Å². The average molecular weight is 421 g/mol. The SMILES string of the molecule is Nc1nccc(-c2[nH]c3c(c2Nc2cccc(Cl)c2OC(F)F)C(=O)NCC3)n1. The minimum absolute atomic E-state index is 0.00279. The number of carbonyl (C=O) groups is 1. The van der Waals surface area contributed by atoms with Gasteiger partial charge in [-0.2, -0.15) is 8.78 Å². The maximum Gasteiger partial charge on any atom is 0.387 e. The molecule has 150 valence electrons. The van der Waals surface area contributed by atoms with E-state index in [2.05, 4.69) is 30.3 Å². The lowest BCUT2D eigenvalue weighted by Crippen LogP contribution is -2.31. The van der Waals surface area contributed by atoms with E-state index < -0.39 is 6.61 Å². The van der Waals surface area contributed by atoms with Gasteiger partial charge in [-0.3, -0.25) is 4.79 Å². The summed E-state index contributed by atoms with van der Waals surface area (Å²) in [6.07, 6.45) is 2.04. The fraction of sp³-hybridized carbons (Fsp3) is 0.167. The molecule has 1 aromatic carbocycles. The Morgan fingerprint density at radius 2 is 2.14 bits per heavy atom.